The normalized spacial score (nSPS) is 22.9. The molecule has 0 spiro atoms. The van der Waals surface area contributed by atoms with Gasteiger partial charge in [0.05, 0.1) is 0 Å². The molecule has 1 N–H and O–H groups in total. The van der Waals surface area contributed by atoms with E-state index in [1.165, 1.54) is 29.7 Å². The summed E-state index contributed by atoms with van der Waals surface area (Å²) in [4.78, 5) is 14.7. The molecule has 1 aromatic heterocycles. The van der Waals surface area contributed by atoms with Gasteiger partial charge in [-0.15, -0.1) is 0 Å². The third kappa shape index (κ3) is 6.81. The van der Waals surface area contributed by atoms with Crippen LogP contribution in [0.25, 0.3) is 11.1 Å². The summed E-state index contributed by atoms with van der Waals surface area (Å²) in [6.07, 6.45) is 3.46. The minimum atomic E-state index is -0.0297. The monoisotopic (exact) mass is 527 g/mol. The zero-order chi connectivity index (χ0) is 27.9. The van der Waals surface area contributed by atoms with Gasteiger partial charge in [0.2, 0.25) is 5.91 Å². The van der Waals surface area contributed by atoms with E-state index in [4.69, 9.17) is 11.6 Å². The van der Waals surface area contributed by atoms with Crippen LogP contribution in [0.3, 0.4) is 0 Å². The van der Waals surface area contributed by atoms with Crippen LogP contribution in [0.5, 0.6) is 0 Å². The van der Waals surface area contributed by atoms with E-state index in [1.807, 2.05) is 12.1 Å². The van der Waals surface area contributed by atoms with E-state index in [0.29, 0.717) is 17.8 Å². The van der Waals surface area contributed by atoms with Crippen molar-refractivity contribution in [2.24, 2.45) is 41.5 Å². The predicted molar refractivity (Wildman–Crippen MR) is 159 cm³/mol. The Bertz CT molecular complexity index is 1060. The summed E-state index contributed by atoms with van der Waals surface area (Å²) < 4.78 is 2.21. The summed E-state index contributed by atoms with van der Waals surface area (Å²) in [5, 5.41) is 3.98. The van der Waals surface area contributed by atoms with Crippen LogP contribution in [0.15, 0.2) is 24.3 Å². The Morgan fingerprint density at radius 3 is 1.97 bits per heavy atom. The number of anilines is 1. The Labute approximate surface area is 231 Å². The number of aromatic nitrogens is 1. The van der Waals surface area contributed by atoms with E-state index in [0.717, 1.165) is 35.3 Å². The number of benzene rings is 1. The van der Waals surface area contributed by atoms with Gasteiger partial charge in [-0.05, 0) is 85.6 Å². The summed E-state index contributed by atoms with van der Waals surface area (Å²) in [6.45, 7) is 19.3. The molecule has 1 aliphatic carbocycles. The van der Waals surface area contributed by atoms with Gasteiger partial charge in [-0.1, -0.05) is 72.2 Å². The minimum Gasteiger partial charge on any atom is -0.333 e. The molecule has 2 atom stereocenters. The first kappa shape index (κ1) is 29.8. The van der Waals surface area contributed by atoms with E-state index >= 15 is 0 Å². The Morgan fingerprint density at radius 2 is 1.54 bits per heavy atom. The molecule has 1 aliphatic rings. The summed E-state index contributed by atoms with van der Waals surface area (Å²) >= 11 is 6.31. The maximum atomic E-state index is 12.5. The van der Waals surface area contributed by atoms with E-state index in [9.17, 15) is 4.79 Å². The molecule has 0 radical (unpaired) electrons. The number of hydrogen-bond acceptors (Lipinski definition) is 2. The van der Waals surface area contributed by atoms with E-state index in [-0.39, 0.29) is 16.7 Å². The van der Waals surface area contributed by atoms with Crippen LogP contribution in [0, 0.1) is 34.5 Å². The lowest BCUT2D eigenvalue weighted by molar-refractivity contribution is -0.114. The van der Waals surface area contributed by atoms with E-state index in [2.05, 4.69) is 96.5 Å². The van der Waals surface area contributed by atoms with Crippen molar-refractivity contribution in [2.45, 2.75) is 81.2 Å². The second-order valence-electron chi connectivity index (χ2n) is 14.0. The van der Waals surface area contributed by atoms with E-state index in [1.54, 1.807) is 6.92 Å². The second-order valence-corrected chi connectivity index (χ2v) is 14.5. The number of carbonyl (C=O) groups is 1. The highest BCUT2D eigenvalue weighted by Crippen LogP contribution is 2.54. The molecule has 206 valence electrons. The molecule has 37 heavy (non-hydrogen) atoms. The SMILES string of the molecule is CC(=O)Nc1c(CC2C(C(C)(C)C)CC(C)CC2C(C)(C)C)c(-c2ccc(Cl)cc2)c(CN(C)C)n1C. The fraction of sp³-hybridized carbons (Fsp3) is 0.656. The van der Waals surface area contributed by atoms with Crippen molar-refractivity contribution in [1.82, 2.24) is 9.47 Å². The summed E-state index contributed by atoms with van der Waals surface area (Å²) in [5.41, 5.74) is 5.30. The van der Waals surface area contributed by atoms with Crippen LogP contribution in [0.4, 0.5) is 5.82 Å². The molecule has 2 aromatic rings. The molecular formula is C32H50ClN3O. The Balaban J connectivity index is 2.29. The van der Waals surface area contributed by atoms with Crippen LogP contribution < -0.4 is 5.32 Å². The van der Waals surface area contributed by atoms with Gasteiger partial charge in [0.25, 0.3) is 0 Å². The number of nitrogens with one attached hydrogen (secondary N) is 1. The topological polar surface area (TPSA) is 37.3 Å². The largest absolute Gasteiger partial charge is 0.333 e. The van der Waals surface area contributed by atoms with E-state index < -0.39 is 0 Å². The Morgan fingerprint density at radius 1 is 1.03 bits per heavy atom. The average molecular weight is 528 g/mol. The molecular weight excluding hydrogens is 478 g/mol. The highest BCUT2D eigenvalue weighted by atomic mass is 35.5. The average Bonchev–Trinajstić information content (AvgIpc) is 2.98. The first-order chi connectivity index (χ1) is 17.0. The molecule has 1 aromatic carbocycles. The number of amides is 1. The van der Waals surface area contributed by atoms with Gasteiger partial charge in [-0.3, -0.25) is 4.79 Å². The molecule has 1 fully saturated rings. The van der Waals surface area contributed by atoms with Crippen molar-refractivity contribution < 1.29 is 4.79 Å². The van der Waals surface area contributed by atoms with Crippen molar-refractivity contribution in [3.8, 4) is 11.1 Å². The zero-order valence-corrected chi connectivity index (χ0v) is 25.9. The van der Waals surface area contributed by atoms with Crippen molar-refractivity contribution >= 4 is 23.3 Å². The number of carbonyl (C=O) groups excluding carboxylic acids is 1. The van der Waals surface area contributed by atoms with Crippen LogP contribution >= 0.6 is 11.6 Å². The summed E-state index contributed by atoms with van der Waals surface area (Å²) in [7, 11) is 6.30. The van der Waals surface area contributed by atoms with Gasteiger partial charge in [-0.2, -0.15) is 0 Å². The van der Waals surface area contributed by atoms with Crippen molar-refractivity contribution in [3.05, 3.63) is 40.5 Å². The highest BCUT2D eigenvalue weighted by Gasteiger charge is 2.46. The number of rotatable bonds is 6. The lowest BCUT2D eigenvalue weighted by Gasteiger charge is -2.51. The highest BCUT2D eigenvalue weighted by molar-refractivity contribution is 6.30. The fourth-order valence-corrected chi connectivity index (χ4v) is 7.00. The molecule has 0 bridgehead atoms. The molecule has 1 amide bonds. The third-order valence-electron chi connectivity index (χ3n) is 8.52. The minimum absolute atomic E-state index is 0.0297. The Hall–Kier alpha value is -1.78. The van der Waals surface area contributed by atoms with Gasteiger partial charge >= 0.3 is 0 Å². The standard InChI is InChI=1S/C32H50ClN3O/c1-20-16-26(31(3,4)5)24(27(17-20)32(6,7)8)18-25-29(22-12-14-23(33)15-13-22)28(19-35(9)10)36(11)30(25)34-21(2)37/h12-15,20,24,26-27H,16-19H2,1-11H3,(H,34,37). The molecule has 5 heteroatoms. The molecule has 3 rings (SSSR count). The first-order valence-electron chi connectivity index (χ1n) is 13.9. The molecule has 2 unspecified atom stereocenters. The van der Waals surface area contributed by atoms with Crippen molar-refractivity contribution in [2.75, 3.05) is 19.4 Å². The van der Waals surface area contributed by atoms with Gasteiger partial charge < -0.3 is 14.8 Å². The van der Waals surface area contributed by atoms with Crippen LogP contribution in [-0.2, 0) is 24.8 Å². The summed E-state index contributed by atoms with van der Waals surface area (Å²) in [6, 6.07) is 8.21. The van der Waals surface area contributed by atoms with Crippen molar-refractivity contribution in [3.63, 3.8) is 0 Å². The molecule has 1 heterocycles. The molecule has 1 saturated carbocycles. The second kappa shape index (κ2) is 11.1. The maximum Gasteiger partial charge on any atom is 0.222 e. The quantitative estimate of drug-likeness (QED) is 0.410. The maximum absolute atomic E-state index is 12.5. The van der Waals surface area contributed by atoms with Crippen LogP contribution in [0.1, 0.15) is 79.5 Å². The lowest BCUT2D eigenvalue weighted by atomic mass is 9.54. The van der Waals surface area contributed by atoms with Gasteiger partial charge in [0.1, 0.15) is 5.82 Å². The number of nitrogens with zero attached hydrogens (tertiary/aromatic N) is 2. The first-order valence-corrected chi connectivity index (χ1v) is 14.3. The smallest absolute Gasteiger partial charge is 0.222 e. The molecule has 0 aliphatic heterocycles. The molecule has 0 saturated heterocycles. The van der Waals surface area contributed by atoms with Gasteiger partial charge in [0.15, 0.2) is 0 Å². The zero-order valence-electron chi connectivity index (χ0n) is 25.1. The van der Waals surface area contributed by atoms with Crippen LogP contribution in [-0.4, -0.2) is 29.5 Å². The fourth-order valence-electron chi connectivity index (χ4n) is 6.87. The van der Waals surface area contributed by atoms with Crippen LogP contribution in [0.2, 0.25) is 5.02 Å². The van der Waals surface area contributed by atoms with Gasteiger partial charge in [-0.25, -0.2) is 0 Å². The molecule has 4 nitrogen and oxygen atoms in total. The van der Waals surface area contributed by atoms with Gasteiger partial charge in [0, 0.05) is 42.4 Å². The lowest BCUT2D eigenvalue weighted by Crippen LogP contribution is -2.44. The Kier molecular flexibility index (Phi) is 8.96. The predicted octanol–water partition coefficient (Wildman–Crippen LogP) is 8.28. The summed E-state index contributed by atoms with van der Waals surface area (Å²) in [5.74, 6) is 3.34. The number of halogens is 1. The number of hydrogen-bond donors (Lipinski definition) is 1. The third-order valence-corrected chi connectivity index (χ3v) is 8.77. The van der Waals surface area contributed by atoms with Crippen molar-refractivity contribution in [1.29, 1.82) is 0 Å².